The van der Waals surface area contributed by atoms with Gasteiger partial charge in [0.25, 0.3) is 0 Å². The van der Waals surface area contributed by atoms with Crippen LogP contribution in [0.25, 0.3) is 17.2 Å². The minimum atomic E-state index is -0.613. The molecular formula is C20H20N2O3. The third-order valence-electron chi connectivity index (χ3n) is 3.84. The largest absolute Gasteiger partial charge is 0.437 e. The molecule has 2 unspecified atom stereocenters. The summed E-state index contributed by atoms with van der Waals surface area (Å²) in [6, 6.07) is 16.7. The first-order chi connectivity index (χ1) is 12.1. The summed E-state index contributed by atoms with van der Waals surface area (Å²) in [5, 5.41) is 13.0. The molecule has 25 heavy (non-hydrogen) atoms. The fraction of sp³-hybridized carbons (Fsp3) is 0.200. The second-order valence-corrected chi connectivity index (χ2v) is 5.92. The van der Waals surface area contributed by atoms with E-state index in [1.54, 1.807) is 0 Å². The number of aromatic nitrogens is 1. The predicted octanol–water partition coefficient (Wildman–Crippen LogP) is 3.47. The first kappa shape index (κ1) is 16.9. The number of hydrogen-bond donors (Lipinski definition) is 2. The molecule has 0 bridgehead atoms. The van der Waals surface area contributed by atoms with E-state index in [0.29, 0.717) is 17.9 Å². The Labute approximate surface area is 146 Å². The Morgan fingerprint density at radius 2 is 1.92 bits per heavy atom. The van der Waals surface area contributed by atoms with E-state index in [0.717, 1.165) is 11.1 Å². The van der Waals surface area contributed by atoms with Gasteiger partial charge in [-0.15, -0.1) is 0 Å². The average molecular weight is 336 g/mol. The lowest BCUT2D eigenvalue weighted by Crippen LogP contribution is -2.32. The van der Waals surface area contributed by atoms with Crippen molar-refractivity contribution < 1.29 is 14.3 Å². The number of rotatable bonds is 6. The summed E-state index contributed by atoms with van der Waals surface area (Å²) in [5.74, 6) is 0.128. The van der Waals surface area contributed by atoms with E-state index in [1.807, 2.05) is 61.5 Å². The second kappa shape index (κ2) is 7.77. The minimum Gasteiger partial charge on any atom is -0.437 e. The molecule has 0 saturated carbocycles. The Bertz CT molecular complexity index is 838. The van der Waals surface area contributed by atoms with Gasteiger partial charge in [-0.05, 0) is 31.0 Å². The van der Waals surface area contributed by atoms with Crippen LogP contribution in [0, 0.1) is 0 Å². The zero-order valence-electron chi connectivity index (χ0n) is 13.9. The van der Waals surface area contributed by atoms with Crippen LogP contribution < -0.4 is 5.32 Å². The van der Waals surface area contributed by atoms with Gasteiger partial charge in [-0.2, -0.15) is 0 Å². The van der Waals surface area contributed by atoms with Crippen LogP contribution in [0.2, 0.25) is 0 Å². The molecule has 1 aromatic heterocycles. The number of fused-ring (bicyclic) bond motifs is 1. The highest BCUT2D eigenvalue weighted by molar-refractivity contribution is 5.91. The highest BCUT2D eigenvalue weighted by atomic mass is 16.3. The van der Waals surface area contributed by atoms with E-state index >= 15 is 0 Å². The molecule has 0 saturated heterocycles. The Kier molecular flexibility index (Phi) is 5.26. The van der Waals surface area contributed by atoms with Crippen LogP contribution in [-0.4, -0.2) is 22.0 Å². The first-order valence-corrected chi connectivity index (χ1v) is 8.19. The molecule has 2 atom stereocenters. The van der Waals surface area contributed by atoms with Crippen LogP contribution in [0.4, 0.5) is 0 Å². The smallest absolute Gasteiger partial charge is 0.244 e. The van der Waals surface area contributed by atoms with Gasteiger partial charge < -0.3 is 14.8 Å². The quantitative estimate of drug-likeness (QED) is 0.676. The molecule has 0 fully saturated rings. The fourth-order valence-corrected chi connectivity index (χ4v) is 2.60. The number of benzene rings is 2. The number of aliphatic hydroxyl groups excluding tert-OH is 1. The maximum absolute atomic E-state index is 12.0. The van der Waals surface area contributed by atoms with Gasteiger partial charge in [0.2, 0.25) is 11.8 Å². The van der Waals surface area contributed by atoms with Crippen LogP contribution in [0.3, 0.4) is 0 Å². The molecule has 3 rings (SSSR count). The lowest BCUT2D eigenvalue weighted by Gasteiger charge is -2.17. The average Bonchev–Trinajstić information content (AvgIpc) is 3.03. The Morgan fingerprint density at radius 1 is 1.20 bits per heavy atom. The molecule has 0 aliphatic rings. The van der Waals surface area contributed by atoms with Crippen molar-refractivity contribution >= 4 is 23.1 Å². The number of nitrogens with one attached hydrogen (secondary N) is 1. The summed E-state index contributed by atoms with van der Waals surface area (Å²) in [4.78, 5) is 16.3. The topological polar surface area (TPSA) is 75.4 Å². The van der Waals surface area contributed by atoms with Gasteiger partial charge in [-0.25, -0.2) is 4.98 Å². The summed E-state index contributed by atoms with van der Waals surface area (Å²) >= 11 is 0. The van der Waals surface area contributed by atoms with Crippen molar-refractivity contribution in [1.82, 2.24) is 10.3 Å². The normalized spacial score (nSPS) is 13.8. The number of carbonyl (C=O) groups excluding carboxylic acids is 1. The maximum atomic E-state index is 12.0. The molecule has 2 aromatic carbocycles. The number of hydrogen-bond acceptors (Lipinski definition) is 4. The van der Waals surface area contributed by atoms with Crippen molar-refractivity contribution in [1.29, 1.82) is 0 Å². The molecule has 0 aliphatic heterocycles. The van der Waals surface area contributed by atoms with Gasteiger partial charge in [-0.1, -0.05) is 42.5 Å². The zero-order valence-corrected chi connectivity index (χ0v) is 13.9. The predicted molar refractivity (Wildman–Crippen MR) is 96.7 cm³/mol. The summed E-state index contributed by atoms with van der Waals surface area (Å²) in [6.45, 7) is 1.86. The van der Waals surface area contributed by atoms with Crippen LogP contribution in [0.5, 0.6) is 0 Å². The molecule has 0 aliphatic carbocycles. The third-order valence-corrected chi connectivity index (χ3v) is 3.84. The Hall–Kier alpha value is -2.92. The Morgan fingerprint density at radius 3 is 2.68 bits per heavy atom. The zero-order chi connectivity index (χ0) is 17.6. The van der Waals surface area contributed by atoms with E-state index in [4.69, 9.17) is 4.42 Å². The lowest BCUT2D eigenvalue weighted by atomic mass is 10.0. The minimum absolute atomic E-state index is 0.170. The van der Waals surface area contributed by atoms with Gasteiger partial charge in [0, 0.05) is 18.2 Å². The van der Waals surface area contributed by atoms with Gasteiger partial charge in [0.1, 0.15) is 5.52 Å². The molecule has 0 spiro atoms. The number of carbonyl (C=O) groups is 1. The summed E-state index contributed by atoms with van der Waals surface area (Å²) in [7, 11) is 0. The molecular weight excluding hydrogens is 316 g/mol. The highest BCUT2D eigenvalue weighted by Gasteiger charge is 2.13. The van der Waals surface area contributed by atoms with Crippen molar-refractivity contribution in [2.24, 2.45) is 0 Å². The molecule has 128 valence electrons. The lowest BCUT2D eigenvalue weighted by molar-refractivity contribution is -0.117. The standard InChI is InChI=1S/C20H20N2O3/c1-14(13-17(23)15-7-3-2-4-8-15)21-19(24)11-12-20-22-16-9-5-6-10-18(16)25-20/h2-12,14,17,23H,13H2,1H3,(H,21,24)/b12-11+. The van der Waals surface area contributed by atoms with Crippen molar-refractivity contribution in [2.45, 2.75) is 25.5 Å². The molecule has 2 N–H and O–H groups in total. The molecule has 0 radical (unpaired) electrons. The van der Waals surface area contributed by atoms with Crippen LogP contribution >= 0.6 is 0 Å². The van der Waals surface area contributed by atoms with Crippen molar-refractivity contribution in [2.75, 3.05) is 0 Å². The molecule has 3 aromatic rings. The van der Waals surface area contributed by atoms with Gasteiger partial charge in [0.15, 0.2) is 5.58 Å². The van der Waals surface area contributed by atoms with E-state index in [1.165, 1.54) is 12.2 Å². The third kappa shape index (κ3) is 4.55. The summed E-state index contributed by atoms with van der Waals surface area (Å²) < 4.78 is 5.53. The maximum Gasteiger partial charge on any atom is 0.244 e. The van der Waals surface area contributed by atoms with Gasteiger partial charge >= 0.3 is 0 Å². The highest BCUT2D eigenvalue weighted by Crippen LogP contribution is 2.18. The summed E-state index contributed by atoms with van der Waals surface area (Å²) in [6.07, 6.45) is 2.75. The Balaban J connectivity index is 1.54. The monoisotopic (exact) mass is 336 g/mol. The fourth-order valence-electron chi connectivity index (χ4n) is 2.60. The van der Waals surface area contributed by atoms with E-state index in [-0.39, 0.29) is 11.9 Å². The second-order valence-electron chi connectivity index (χ2n) is 5.92. The summed E-state index contributed by atoms with van der Waals surface area (Å²) in [5.41, 5.74) is 2.27. The number of amides is 1. The number of oxazole rings is 1. The van der Waals surface area contributed by atoms with Gasteiger partial charge in [-0.3, -0.25) is 4.79 Å². The van der Waals surface area contributed by atoms with Crippen LogP contribution in [-0.2, 0) is 4.79 Å². The van der Waals surface area contributed by atoms with E-state index < -0.39 is 6.10 Å². The van der Waals surface area contributed by atoms with Crippen molar-refractivity contribution in [3.8, 4) is 0 Å². The molecule has 5 nitrogen and oxygen atoms in total. The number of para-hydroxylation sites is 2. The van der Waals surface area contributed by atoms with E-state index in [9.17, 15) is 9.90 Å². The molecule has 5 heteroatoms. The number of nitrogens with zero attached hydrogens (tertiary/aromatic N) is 1. The van der Waals surface area contributed by atoms with E-state index in [2.05, 4.69) is 10.3 Å². The van der Waals surface area contributed by atoms with Crippen LogP contribution in [0.1, 0.15) is 30.9 Å². The molecule has 1 heterocycles. The van der Waals surface area contributed by atoms with Crippen molar-refractivity contribution in [3.63, 3.8) is 0 Å². The first-order valence-electron chi connectivity index (χ1n) is 8.19. The number of aliphatic hydroxyl groups is 1. The van der Waals surface area contributed by atoms with Crippen LogP contribution in [0.15, 0.2) is 65.1 Å². The SMILES string of the molecule is CC(CC(O)c1ccccc1)NC(=O)/C=C/c1nc2ccccc2o1. The van der Waals surface area contributed by atoms with Gasteiger partial charge in [0.05, 0.1) is 6.10 Å². The van der Waals surface area contributed by atoms with Crippen molar-refractivity contribution in [3.05, 3.63) is 72.1 Å². The molecule has 1 amide bonds.